The van der Waals surface area contributed by atoms with E-state index in [0.29, 0.717) is 11.5 Å². The van der Waals surface area contributed by atoms with E-state index >= 15 is 0 Å². The lowest BCUT2D eigenvalue weighted by atomic mass is 9.72. The van der Waals surface area contributed by atoms with Crippen molar-refractivity contribution in [1.29, 1.82) is 0 Å². The second-order valence-electron chi connectivity index (χ2n) is 7.83. The molecule has 4 nitrogen and oxygen atoms in total. The first-order chi connectivity index (χ1) is 13.8. The molecule has 2 aromatic rings. The van der Waals surface area contributed by atoms with Crippen LogP contribution in [0.3, 0.4) is 0 Å². The van der Waals surface area contributed by atoms with Crippen molar-refractivity contribution in [3.8, 4) is 17.2 Å². The monoisotopic (exact) mass is 430 g/mol. The molecule has 0 saturated carbocycles. The molecule has 30 heavy (non-hydrogen) atoms. The van der Waals surface area contributed by atoms with E-state index in [1.807, 2.05) is 0 Å². The van der Waals surface area contributed by atoms with Gasteiger partial charge in [0, 0.05) is 18.1 Å². The third-order valence-electron chi connectivity index (χ3n) is 5.06. The number of methoxy groups -OCH3 is 3. The normalized spacial score (nSPS) is 14.2. The average molecular weight is 430 g/mol. The zero-order chi connectivity index (χ0) is 22.7. The average Bonchev–Trinajstić information content (AvgIpc) is 2.66. The molecule has 8 heteroatoms. The third kappa shape index (κ3) is 5.16. The first kappa shape index (κ1) is 23.8. The maximum atomic E-state index is 14.0. The summed E-state index contributed by atoms with van der Waals surface area (Å²) in [6, 6.07) is 7.99. The Bertz CT molecular complexity index is 858. The van der Waals surface area contributed by atoms with Crippen molar-refractivity contribution in [1.82, 2.24) is 0 Å². The SMILES string of the molecule is COc1cc(CC(O)(CC(C)(C)c2cc(F)ccc2OC)C(F)(F)F)cc(OC)c1. The van der Waals surface area contributed by atoms with Crippen molar-refractivity contribution in [3.63, 3.8) is 0 Å². The zero-order valence-corrected chi connectivity index (χ0v) is 17.6. The summed E-state index contributed by atoms with van der Waals surface area (Å²) in [6.07, 6.45) is -6.39. The number of aliphatic hydroxyl groups is 1. The molecule has 0 saturated heterocycles. The Balaban J connectivity index is 2.49. The second-order valence-corrected chi connectivity index (χ2v) is 7.83. The molecule has 0 aliphatic rings. The highest BCUT2D eigenvalue weighted by Crippen LogP contribution is 2.45. The lowest BCUT2D eigenvalue weighted by molar-refractivity contribution is -0.266. The Morgan fingerprint density at radius 2 is 1.43 bits per heavy atom. The molecule has 0 aliphatic carbocycles. The third-order valence-corrected chi connectivity index (χ3v) is 5.06. The van der Waals surface area contributed by atoms with E-state index in [1.54, 1.807) is 0 Å². The Kier molecular flexibility index (Phi) is 6.91. The van der Waals surface area contributed by atoms with Gasteiger partial charge in [-0.25, -0.2) is 4.39 Å². The molecule has 0 amide bonds. The highest BCUT2D eigenvalue weighted by molar-refractivity contribution is 5.41. The lowest BCUT2D eigenvalue weighted by Gasteiger charge is -2.38. The van der Waals surface area contributed by atoms with E-state index in [9.17, 15) is 22.7 Å². The van der Waals surface area contributed by atoms with Gasteiger partial charge in [-0.1, -0.05) is 13.8 Å². The smallest absolute Gasteiger partial charge is 0.417 e. The van der Waals surface area contributed by atoms with Crippen molar-refractivity contribution in [3.05, 3.63) is 53.3 Å². The van der Waals surface area contributed by atoms with E-state index in [4.69, 9.17) is 14.2 Å². The topological polar surface area (TPSA) is 47.9 Å². The first-order valence-electron chi connectivity index (χ1n) is 9.20. The molecule has 1 atom stereocenters. The number of hydrogen-bond donors (Lipinski definition) is 1. The van der Waals surface area contributed by atoms with Crippen LogP contribution >= 0.6 is 0 Å². The largest absolute Gasteiger partial charge is 0.497 e. The Hall–Kier alpha value is -2.48. The molecule has 0 heterocycles. The van der Waals surface area contributed by atoms with Gasteiger partial charge in [-0.2, -0.15) is 13.2 Å². The number of benzene rings is 2. The predicted molar refractivity (Wildman–Crippen MR) is 105 cm³/mol. The van der Waals surface area contributed by atoms with Gasteiger partial charge in [0.2, 0.25) is 0 Å². The van der Waals surface area contributed by atoms with Crippen LogP contribution in [0.15, 0.2) is 36.4 Å². The van der Waals surface area contributed by atoms with Crippen molar-refractivity contribution in [2.24, 2.45) is 0 Å². The highest BCUT2D eigenvalue weighted by atomic mass is 19.4. The summed E-state index contributed by atoms with van der Waals surface area (Å²) in [5, 5.41) is 10.8. The molecule has 0 spiro atoms. The van der Waals surface area contributed by atoms with Gasteiger partial charge < -0.3 is 19.3 Å². The predicted octanol–water partition coefficient (Wildman–Crippen LogP) is 5.06. The van der Waals surface area contributed by atoms with Gasteiger partial charge in [0.25, 0.3) is 0 Å². The van der Waals surface area contributed by atoms with Gasteiger partial charge in [-0.3, -0.25) is 0 Å². The Morgan fingerprint density at radius 1 is 0.867 bits per heavy atom. The van der Waals surface area contributed by atoms with E-state index in [1.165, 1.54) is 59.4 Å². The van der Waals surface area contributed by atoms with Gasteiger partial charge in [0.1, 0.15) is 23.1 Å². The fourth-order valence-corrected chi connectivity index (χ4v) is 3.60. The Labute approximate surface area is 173 Å². The van der Waals surface area contributed by atoms with Crippen LogP contribution < -0.4 is 14.2 Å². The number of hydrogen-bond acceptors (Lipinski definition) is 4. The van der Waals surface area contributed by atoms with Crippen LogP contribution in [0.2, 0.25) is 0 Å². The number of alkyl halides is 3. The Morgan fingerprint density at radius 3 is 1.90 bits per heavy atom. The van der Waals surface area contributed by atoms with Gasteiger partial charge >= 0.3 is 6.18 Å². The molecule has 1 unspecified atom stereocenters. The zero-order valence-electron chi connectivity index (χ0n) is 17.6. The van der Waals surface area contributed by atoms with E-state index in [0.717, 1.165) is 12.1 Å². The van der Waals surface area contributed by atoms with Crippen LogP contribution in [-0.2, 0) is 11.8 Å². The molecule has 0 fully saturated rings. The fourth-order valence-electron chi connectivity index (χ4n) is 3.60. The summed E-state index contributed by atoms with van der Waals surface area (Å²) < 4.78 is 71.4. The van der Waals surface area contributed by atoms with Crippen molar-refractivity contribution < 1.29 is 36.9 Å². The maximum Gasteiger partial charge on any atom is 0.417 e. The molecule has 0 aromatic heterocycles. The molecule has 2 rings (SSSR count). The van der Waals surface area contributed by atoms with Crippen molar-refractivity contribution in [2.75, 3.05) is 21.3 Å². The van der Waals surface area contributed by atoms with Crippen LogP contribution in [-0.4, -0.2) is 38.2 Å². The second kappa shape index (κ2) is 8.71. The summed E-state index contributed by atoms with van der Waals surface area (Å²) in [5.74, 6) is 0.251. The molecule has 166 valence electrons. The summed E-state index contributed by atoms with van der Waals surface area (Å²) in [6.45, 7) is 3.01. The van der Waals surface area contributed by atoms with Crippen LogP contribution in [0.5, 0.6) is 17.2 Å². The molecule has 0 radical (unpaired) electrons. The highest BCUT2D eigenvalue weighted by Gasteiger charge is 2.56. The first-order valence-corrected chi connectivity index (χ1v) is 9.20. The number of ether oxygens (including phenoxy) is 3. The quantitative estimate of drug-likeness (QED) is 0.595. The summed E-state index contributed by atoms with van der Waals surface area (Å²) in [5.41, 5.74) is -3.93. The van der Waals surface area contributed by atoms with Crippen LogP contribution in [0, 0.1) is 5.82 Å². The number of rotatable bonds is 8. The van der Waals surface area contributed by atoms with E-state index in [2.05, 4.69) is 0 Å². The standard InChI is InChI=1S/C22H26F4O4/c1-20(2,18-10-15(23)6-7-19(18)30-5)13-21(27,22(24,25)26)12-14-8-16(28-3)11-17(9-14)29-4/h6-11,27H,12-13H2,1-5H3. The molecule has 0 bridgehead atoms. The van der Waals surface area contributed by atoms with Gasteiger partial charge in [-0.15, -0.1) is 0 Å². The molecular formula is C22H26F4O4. The minimum atomic E-state index is -4.94. The van der Waals surface area contributed by atoms with Gasteiger partial charge in [0.15, 0.2) is 5.60 Å². The fraction of sp³-hybridized carbons (Fsp3) is 0.455. The van der Waals surface area contributed by atoms with E-state index in [-0.39, 0.29) is 16.9 Å². The lowest BCUT2D eigenvalue weighted by Crippen LogP contribution is -2.50. The molecule has 0 aliphatic heterocycles. The maximum absolute atomic E-state index is 14.0. The van der Waals surface area contributed by atoms with Gasteiger partial charge in [0.05, 0.1) is 21.3 Å². The summed E-state index contributed by atoms with van der Waals surface area (Å²) in [4.78, 5) is 0. The van der Waals surface area contributed by atoms with Crippen LogP contribution in [0.1, 0.15) is 31.4 Å². The van der Waals surface area contributed by atoms with Crippen molar-refractivity contribution in [2.45, 2.75) is 43.9 Å². The summed E-state index contributed by atoms with van der Waals surface area (Å²) >= 11 is 0. The molecule has 2 aromatic carbocycles. The minimum Gasteiger partial charge on any atom is -0.497 e. The number of halogens is 4. The van der Waals surface area contributed by atoms with Crippen molar-refractivity contribution >= 4 is 0 Å². The molecular weight excluding hydrogens is 404 g/mol. The van der Waals surface area contributed by atoms with Gasteiger partial charge in [-0.05, 0) is 47.7 Å². The molecule has 1 N–H and O–H groups in total. The van der Waals surface area contributed by atoms with E-state index < -0.39 is 35.9 Å². The van der Waals surface area contributed by atoms with Crippen LogP contribution in [0.4, 0.5) is 17.6 Å². The minimum absolute atomic E-state index is 0.188. The summed E-state index contributed by atoms with van der Waals surface area (Å²) in [7, 11) is 4.12. The van der Waals surface area contributed by atoms with Crippen LogP contribution in [0.25, 0.3) is 0 Å².